The summed E-state index contributed by atoms with van der Waals surface area (Å²) in [6, 6.07) is 8.34. The zero-order valence-corrected chi connectivity index (χ0v) is 9.07. The molecule has 0 amide bonds. The highest BCUT2D eigenvalue weighted by Crippen LogP contribution is 2.26. The third-order valence-electron chi connectivity index (χ3n) is 2.95. The molecule has 1 aromatic carbocycles. The lowest BCUT2D eigenvalue weighted by Crippen LogP contribution is -2.04. The van der Waals surface area contributed by atoms with E-state index in [1.54, 1.807) is 6.20 Å². The van der Waals surface area contributed by atoms with Gasteiger partial charge in [0.2, 0.25) is 0 Å². The highest BCUT2D eigenvalue weighted by Gasteiger charge is 2.06. The fraction of sp³-hybridized carbons (Fsp3) is 0.154. The molecule has 0 aliphatic carbocycles. The average molecular weight is 211 g/mol. The molecule has 3 aromatic rings. The molecule has 1 unspecified atom stereocenters. The minimum absolute atomic E-state index is 0.0638. The van der Waals surface area contributed by atoms with Crippen LogP contribution in [0.2, 0.25) is 0 Å². The summed E-state index contributed by atoms with van der Waals surface area (Å²) in [6.07, 6.45) is 3.68. The van der Waals surface area contributed by atoms with Gasteiger partial charge in [-0.3, -0.25) is 4.98 Å². The molecule has 3 nitrogen and oxygen atoms in total. The summed E-state index contributed by atoms with van der Waals surface area (Å²) < 4.78 is 0. The molecule has 0 spiro atoms. The number of nitrogens with two attached hydrogens (primary N) is 1. The van der Waals surface area contributed by atoms with Crippen LogP contribution in [0.5, 0.6) is 0 Å². The van der Waals surface area contributed by atoms with E-state index in [2.05, 4.69) is 28.2 Å². The highest BCUT2D eigenvalue weighted by atomic mass is 14.7. The van der Waals surface area contributed by atoms with Gasteiger partial charge in [-0.25, -0.2) is 0 Å². The van der Waals surface area contributed by atoms with Crippen LogP contribution in [-0.2, 0) is 0 Å². The first-order valence-corrected chi connectivity index (χ1v) is 5.36. The van der Waals surface area contributed by atoms with Crippen LogP contribution in [0.1, 0.15) is 18.5 Å². The molecule has 0 radical (unpaired) electrons. The van der Waals surface area contributed by atoms with Crippen molar-refractivity contribution in [3.05, 3.63) is 42.2 Å². The van der Waals surface area contributed by atoms with E-state index >= 15 is 0 Å². The number of rotatable bonds is 1. The SMILES string of the molecule is CC(N)c1ccc2c(c1)[nH]c1ccncc12. The lowest BCUT2D eigenvalue weighted by molar-refractivity contribution is 0.820. The Balaban J connectivity index is 2.37. The van der Waals surface area contributed by atoms with Crippen LogP contribution in [0.3, 0.4) is 0 Å². The molecule has 3 heteroatoms. The van der Waals surface area contributed by atoms with Crippen molar-refractivity contribution in [2.24, 2.45) is 5.73 Å². The molecule has 0 aliphatic heterocycles. The first kappa shape index (κ1) is 9.36. The molecule has 16 heavy (non-hydrogen) atoms. The van der Waals surface area contributed by atoms with Gasteiger partial charge >= 0.3 is 0 Å². The molecule has 0 bridgehead atoms. The van der Waals surface area contributed by atoms with Crippen LogP contribution in [0, 0.1) is 0 Å². The van der Waals surface area contributed by atoms with E-state index in [0.29, 0.717) is 0 Å². The van der Waals surface area contributed by atoms with E-state index < -0.39 is 0 Å². The Hall–Kier alpha value is -1.87. The predicted molar refractivity (Wildman–Crippen MR) is 66.2 cm³/mol. The Morgan fingerprint density at radius 3 is 2.88 bits per heavy atom. The predicted octanol–water partition coefficient (Wildman–Crippen LogP) is 2.74. The van der Waals surface area contributed by atoms with Gasteiger partial charge in [0.25, 0.3) is 0 Å². The second-order valence-corrected chi connectivity index (χ2v) is 4.14. The van der Waals surface area contributed by atoms with E-state index in [1.165, 1.54) is 5.39 Å². The van der Waals surface area contributed by atoms with Gasteiger partial charge < -0.3 is 10.7 Å². The molecule has 3 rings (SSSR count). The molecular formula is C13H13N3. The van der Waals surface area contributed by atoms with Crippen molar-refractivity contribution < 1.29 is 0 Å². The van der Waals surface area contributed by atoms with Gasteiger partial charge in [0.1, 0.15) is 0 Å². The number of hydrogen-bond acceptors (Lipinski definition) is 2. The normalized spacial score (nSPS) is 13.4. The van der Waals surface area contributed by atoms with Crippen LogP contribution in [0.25, 0.3) is 21.8 Å². The van der Waals surface area contributed by atoms with Crippen LogP contribution >= 0.6 is 0 Å². The zero-order valence-electron chi connectivity index (χ0n) is 9.07. The van der Waals surface area contributed by atoms with Crippen molar-refractivity contribution in [3.8, 4) is 0 Å². The number of hydrogen-bond donors (Lipinski definition) is 2. The van der Waals surface area contributed by atoms with Crippen molar-refractivity contribution >= 4 is 21.8 Å². The summed E-state index contributed by atoms with van der Waals surface area (Å²) in [7, 11) is 0. The quantitative estimate of drug-likeness (QED) is 0.650. The summed E-state index contributed by atoms with van der Waals surface area (Å²) >= 11 is 0. The number of H-pyrrole nitrogens is 1. The molecule has 0 saturated heterocycles. The van der Waals surface area contributed by atoms with E-state index in [0.717, 1.165) is 22.0 Å². The van der Waals surface area contributed by atoms with Crippen molar-refractivity contribution in [2.75, 3.05) is 0 Å². The topological polar surface area (TPSA) is 54.7 Å². The Bertz CT molecular complexity index is 652. The van der Waals surface area contributed by atoms with Crippen LogP contribution in [-0.4, -0.2) is 9.97 Å². The summed E-state index contributed by atoms with van der Waals surface area (Å²) in [5.74, 6) is 0. The van der Waals surface area contributed by atoms with E-state index in [-0.39, 0.29) is 6.04 Å². The summed E-state index contributed by atoms with van der Waals surface area (Å²) in [5, 5.41) is 2.36. The Morgan fingerprint density at radius 1 is 1.19 bits per heavy atom. The molecule has 0 aliphatic rings. The third kappa shape index (κ3) is 1.29. The number of benzene rings is 1. The van der Waals surface area contributed by atoms with Gasteiger partial charge in [0.15, 0.2) is 0 Å². The van der Waals surface area contributed by atoms with Gasteiger partial charge in [-0.1, -0.05) is 12.1 Å². The van der Waals surface area contributed by atoms with Gasteiger partial charge in [-0.15, -0.1) is 0 Å². The van der Waals surface area contributed by atoms with Gasteiger partial charge in [0.05, 0.1) is 0 Å². The Kier molecular flexibility index (Phi) is 1.94. The monoisotopic (exact) mass is 211 g/mol. The highest BCUT2D eigenvalue weighted by molar-refractivity contribution is 6.06. The second-order valence-electron chi connectivity index (χ2n) is 4.14. The van der Waals surface area contributed by atoms with Crippen LogP contribution < -0.4 is 5.73 Å². The van der Waals surface area contributed by atoms with Gasteiger partial charge in [-0.2, -0.15) is 0 Å². The molecule has 3 N–H and O–H groups in total. The summed E-state index contributed by atoms with van der Waals surface area (Å²) in [5.41, 5.74) is 9.26. The van der Waals surface area contributed by atoms with Crippen LogP contribution in [0.15, 0.2) is 36.7 Å². The molecule has 0 saturated carbocycles. The number of pyridine rings is 1. The number of nitrogens with one attached hydrogen (secondary N) is 1. The number of nitrogens with zero attached hydrogens (tertiary/aromatic N) is 1. The van der Waals surface area contributed by atoms with Crippen molar-refractivity contribution in [3.63, 3.8) is 0 Å². The number of aromatic amines is 1. The molecular weight excluding hydrogens is 198 g/mol. The maximum Gasteiger partial charge on any atom is 0.0495 e. The smallest absolute Gasteiger partial charge is 0.0495 e. The summed E-state index contributed by atoms with van der Waals surface area (Å²) in [4.78, 5) is 7.53. The van der Waals surface area contributed by atoms with Gasteiger partial charge in [-0.05, 0) is 24.6 Å². The third-order valence-corrected chi connectivity index (χ3v) is 2.95. The van der Waals surface area contributed by atoms with Crippen molar-refractivity contribution in [1.29, 1.82) is 0 Å². The molecule has 2 aromatic heterocycles. The van der Waals surface area contributed by atoms with Crippen LogP contribution in [0.4, 0.5) is 0 Å². The first-order chi connectivity index (χ1) is 7.75. The lowest BCUT2D eigenvalue weighted by atomic mass is 10.1. The minimum atomic E-state index is 0.0638. The standard InChI is InChI=1S/C13H13N3/c1-8(14)9-2-3-10-11-7-15-5-4-12(11)16-13(10)6-9/h2-8,16H,14H2,1H3. The maximum absolute atomic E-state index is 5.87. The lowest BCUT2D eigenvalue weighted by Gasteiger charge is -2.04. The second kappa shape index (κ2) is 3.32. The molecule has 0 fully saturated rings. The van der Waals surface area contributed by atoms with Crippen molar-refractivity contribution in [2.45, 2.75) is 13.0 Å². The van der Waals surface area contributed by atoms with E-state index in [9.17, 15) is 0 Å². The maximum atomic E-state index is 5.87. The number of aromatic nitrogens is 2. The van der Waals surface area contributed by atoms with Crippen molar-refractivity contribution in [1.82, 2.24) is 9.97 Å². The fourth-order valence-corrected chi connectivity index (χ4v) is 2.05. The molecule has 80 valence electrons. The summed E-state index contributed by atoms with van der Waals surface area (Å²) in [6.45, 7) is 1.99. The van der Waals surface area contributed by atoms with Gasteiger partial charge in [0, 0.05) is 40.2 Å². The Labute approximate surface area is 93.3 Å². The molecule has 2 heterocycles. The Morgan fingerprint density at radius 2 is 2.06 bits per heavy atom. The van der Waals surface area contributed by atoms with E-state index in [4.69, 9.17) is 5.73 Å². The minimum Gasteiger partial charge on any atom is -0.354 e. The zero-order chi connectivity index (χ0) is 11.1. The number of fused-ring (bicyclic) bond motifs is 3. The van der Waals surface area contributed by atoms with E-state index in [1.807, 2.05) is 19.2 Å². The largest absolute Gasteiger partial charge is 0.354 e. The average Bonchev–Trinajstić information content (AvgIpc) is 2.66. The first-order valence-electron chi connectivity index (χ1n) is 5.36. The fourth-order valence-electron chi connectivity index (χ4n) is 2.05. The molecule has 1 atom stereocenters.